The monoisotopic (exact) mass is 295 g/mol. The van der Waals surface area contributed by atoms with Crippen molar-refractivity contribution in [3.8, 4) is 0 Å². The van der Waals surface area contributed by atoms with Crippen molar-refractivity contribution in [1.82, 2.24) is 9.71 Å². The van der Waals surface area contributed by atoms with Crippen LogP contribution < -0.4 is 10.5 Å². The summed E-state index contributed by atoms with van der Waals surface area (Å²) in [6, 6.07) is 8.87. The van der Waals surface area contributed by atoms with E-state index in [4.69, 9.17) is 5.73 Å². The van der Waals surface area contributed by atoms with Crippen LogP contribution in [0.15, 0.2) is 47.5 Å². The molecule has 0 amide bonds. The van der Waals surface area contributed by atoms with Gasteiger partial charge in [-0.25, -0.2) is 22.5 Å². The first-order valence-corrected chi connectivity index (χ1v) is 7.42. The van der Waals surface area contributed by atoms with Crippen molar-refractivity contribution in [1.29, 1.82) is 0 Å². The SMILES string of the molecule is Nc1cc(S(=O)(=O)NCCc2ccccc2F)ccn1. The van der Waals surface area contributed by atoms with Crippen LogP contribution in [0.1, 0.15) is 5.56 Å². The van der Waals surface area contributed by atoms with Gasteiger partial charge in [0.05, 0.1) is 4.90 Å². The Morgan fingerprint density at radius 3 is 2.70 bits per heavy atom. The Morgan fingerprint density at radius 2 is 2.00 bits per heavy atom. The molecule has 20 heavy (non-hydrogen) atoms. The molecule has 0 aliphatic heterocycles. The smallest absolute Gasteiger partial charge is 0.240 e. The molecule has 2 rings (SSSR count). The van der Waals surface area contributed by atoms with E-state index in [2.05, 4.69) is 9.71 Å². The van der Waals surface area contributed by atoms with Crippen molar-refractivity contribution in [2.75, 3.05) is 12.3 Å². The van der Waals surface area contributed by atoms with Gasteiger partial charge in [0.25, 0.3) is 0 Å². The molecule has 0 saturated carbocycles. The first kappa shape index (κ1) is 14.4. The number of pyridine rings is 1. The molecule has 1 aromatic carbocycles. The van der Waals surface area contributed by atoms with E-state index in [9.17, 15) is 12.8 Å². The van der Waals surface area contributed by atoms with E-state index >= 15 is 0 Å². The van der Waals surface area contributed by atoms with Crippen LogP contribution in [0.25, 0.3) is 0 Å². The molecule has 5 nitrogen and oxygen atoms in total. The maximum Gasteiger partial charge on any atom is 0.240 e. The maximum absolute atomic E-state index is 13.4. The van der Waals surface area contributed by atoms with Gasteiger partial charge < -0.3 is 5.73 Å². The van der Waals surface area contributed by atoms with Gasteiger partial charge >= 0.3 is 0 Å². The minimum Gasteiger partial charge on any atom is -0.384 e. The molecule has 0 atom stereocenters. The van der Waals surface area contributed by atoms with Gasteiger partial charge in [-0.3, -0.25) is 0 Å². The number of nitrogen functional groups attached to an aromatic ring is 1. The fourth-order valence-electron chi connectivity index (χ4n) is 1.70. The molecule has 0 radical (unpaired) electrons. The minimum absolute atomic E-state index is 0.0403. The summed E-state index contributed by atoms with van der Waals surface area (Å²) in [5.41, 5.74) is 5.90. The Hall–Kier alpha value is -1.99. The van der Waals surface area contributed by atoms with Crippen molar-refractivity contribution in [2.45, 2.75) is 11.3 Å². The lowest BCUT2D eigenvalue weighted by Crippen LogP contribution is -2.26. The number of aromatic nitrogens is 1. The van der Waals surface area contributed by atoms with Crippen molar-refractivity contribution in [3.05, 3.63) is 54.0 Å². The van der Waals surface area contributed by atoms with Crippen molar-refractivity contribution in [3.63, 3.8) is 0 Å². The second-order valence-electron chi connectivity index (χ2n) is 4.16. The van der Waals surface area contributed by atoms with E-state index in [0.29, 0.717) is 5.56 Å². The number of nitrogens with one attached hydrogen (secondary N) is 1. The van der Waals surface area contributed by atoms with E-state index < -0.39 is 10.0 Å². The summed E-state index contributed by atoms with van der Waals surface area (Å²) in [4.78, 5) is 3.77. The Labute approximate surface area is 116 Å². The molecule has 0 unspecified atom stereocenters. The van der Waals surface area contributed by atoms with Gasteiger partial charge in [-0.1, -0.05) is 18.2 Å². The number of anilines is 1. The van der Waals surface area contributed by atoms with Gasteiger partial charge in [0, 0.05) is 18.8 Å². The van der Waals surface area contributed by atoms with Gasteiger partial charge in [0.2, 0.25) is 10.0 Å². The molecule has 1 heterocycles. The van der Waals surface area contributed by atoms with E-state index in [1.807, 2.05) is 0 Å². The first-order chi connectivity index (χ1) is 9.49. The van der Waals surface area contributed by atoms with Gasteiger partial charge in [-0.15, -0.1) is 0 Å². The highest BCUT2D eigenvalue weighted by Crippen LogP contribution is 2.11. The van der Waals surface area contributed by atoms with Crippen LogP contribution in [0.4, 0.5) is 10.2 Å². The third-order valence-electron chi connectivity index (χ3n) is 2.71. The molecule has 106 valence electrons. The van der Waals surface area contributed by atoms with Crippen molar-refractivity contribution in [2.24, 2.45) is 0 Å². The quantitative estimate of drug-likeness (QED) is 0.871. The molecule has 0 fully saturated rings. The molecule has 7 heteroatoms. The lowest BCUT2D eigenvalue weighted by molar-refractivity contribution is 0.577. The number of rotatable bonds is 5. The number of hydrogen-bond acceptors (Lipinski definition) is 4. The summed E-state index contributed by atoms with van der Waals surface area (Å²) in [7, 11) is -3.66. The van der Waals surface area contributed by atoms with Crippen LogP contribution in [-0.4, -0.2) is 19.9 Å². The predicted octanol–water partition coefficient (Wildman–Crippen LogP) is 1.32. The second kappa shape index (κ2) is 5.98. The van der Waals surface area contributed by atoms with Crippen molar-refractivity contribution < 1.29 is 12.8 Å². The highest BCUT2D eigenvalue weighted by molar-refractivity contribution is 7.89. The third-order valence-corrected chi connectivity index (χ3v) is 4.17. The summed E-state index contributed by atoms with van der Waals surface area (Å²) in [5.74, 6) is -0.221. The van der Waals surface area contributed by atoms with Crippen LogP contribution in [0.5, 0.6) is 0 Å². The molecule has 1 aromatic heterocycles. The topological polar surface area (TPSA) is 85.1 Å². The standard InChI is InChI=1S/C13H14FN3O2S/c14-12-4-2-1-3-10(12)5-8-17-20(18,19)11-6-7-16-13(15)9-11/h1-4,6-7,9,17H,5,8H2,(H2,15,16). The summed E-state index contributed by atoms with van der Waals surface area (Å²) in [5, 5.41) is 0. The fourth-order valence-corrected chi connectivity index (χ4v) is 2.75. The molecular formula is C13H14FN3O2S. The highest BCUT2D eigenvalue weighted by Gasteiger charge is 2.14. The van der Waals surface area contributed by atoms with E-state index in [0.717, 1.165) is 0 Å². The second-order valence-corrected chi connectivity index (χ2v) is 5.92. The normalized spacial score (nSPS) is 11.4. The average molecular weight is 295 g/mol. The van der Waals surface area contributed by atoms with Crippen LogP contribution >= 0.6 is 0 Å². The van der Waals surface area contributed by atoms with E-state index in [1.165, 1.54) is 24.4 Å². The molecular weight excluding hydrogens is 281 g/mol. The maximum atomic E-state index is 13.4. The largest absolute Gasteiger partial charge is 0.384 e. The number of sulfonamides is 1. The Bertz CT molecular complexity index is 704. The van der Waals surface area contributed by atoms with Gasteiger partial charge in [-0.2, -0.15) is 0 Å². The van der Waals surface area contributed by atoms with Gasteiger partial charge in [-0.05, 0) is 24.1 Å². The molecule has 0 bridgehead atoms. The molecule has 2 aromatic rings. The van der Waals surface area contributed by atoms with E-state index in [1.54, 1.807) is 18.2 Å². The minimum atomic E-state index is -3.66. The van der Waals surface area contributed by atoms with Crippen LogP contribution in [0.3, 0.4) is 0 Å². The zero-order chi connectivity index (χ0) is 14.6. The molecule has 0 saturated heterocycles. The summed E-state index contributed by atoms with van der Waals surface area (Å²) < 4.78 is 39.7. The fraction of sp³-hybridized carbons (Fsp3) is 0.154. The lowest BCUT2D eigenvalue weighted by Gasteiger charge is -2.07. The number of nitrogens with zero attached hydrogens (tertiary/aromatic N) is 1. The van der Waals surface area contributed by atoms with Crippen LogP contribution in [0.2, 0.25) is 0 Å². The Balaban J connectivity index is 2.02. The number of nitrogens with two attached hydrogens (primary N) is 1. The van der Waals surface area contributed by atoms with Gasteiger partial charge in [0.1, 0.15) is 11.6 Å². The van der Waals surface area contributed by atoms with Crippen molar-refractivity contribution >= 4 is 15.8 Å². The number of benzene rings is 1. The first-order valence-electron chi connectivity index (χ1n) is 5.93. The Morgan fingerprint density at radius 1 is 1.25 bits per heavy atom. The summed E-state index contributed by atoms with van der Waals surface area (Å²) >= 11 is 0. The van der Waals surface area contributed by atoms with Crippen LogP contribution in [0, 0.1) is 5.82 Å². The summed E-state index contributed by atoms with van der Waals surface area (Å²) in [6.45, 7) is 0.103. The molecule has 0 aliphatic carbocycles. The van der Waals surface area contributed by atoms with Crippen LogP contribution in [-0.2, 0) is 16.4 Å². The zero-order valence-electron chi connectivity index (χ0n) is 10.6. The predicted molar refractivity (Wildman–Crippen MR) is 73.9 cm³/mol. The lowest BCUT2D eigenvalue weighted by atomic mass is 10.1. The number of halogens is 1. The zero-order valence-corrected chi connectivity index (χ0v) is 11.4. The highest BCUT2D eigenvalue weighted by atomic mass is 32.2. The van der Waals surface area contributed by atoms with Gasteiger partial charge in [0.15, 0.2) is 0 Å². The average Bonchev–Trinajstić information content (AvgIpc) is 2.41. The van der Waals surface area contributed by atoms with E-state index in [-0.39, 0.29) is 29.5 Å². The third kappa shape index (κ3) is 3.52. The summed E-state index contributed by atoms with van der Waals surface area (Å²) in [6.07, 6.45) is 1.59. The molecule has 0 spiro atoms. The Kier molecular flexibility index (Phi) is 4.31. The molecule has 0 aliphatic rings. The number of hydrogen-bond donors (Lipinski definition) is 2. The molecule has 3 N–H and O–H groups in total.